The Kier molecular flexibility index (Phi) is 3.40. The van der Waals surface area contributed by atoms with E-state index in [0.717, 1.165) is 15.8 Å². The predicted octanol–water partition coefficient (Wildman–Crippen LogP) is 3.45. The normalized spacial score (nSPS) is 10.1. The average Bonchev–Trinajstić information content (AvgIpc) is 1.98. The minimum atomic E-state index is -0.123. The van der Waals surface area contributed by atoms with Crippen molar-refractivity contribution < 1.29 is 4.39 Å². The second-order valence-electron chi connectivity index (χ2n) is 2.17. The highest BCUT2D eigenvalue weighted by atomic mass is 79.9. The van der Waals surface area contributed by atoms with Gasteiger partial charge in [-0.05, 0) is 30.0 Å². The lowest BCUT2D eigenvalue weighted by atomic mass is 10.2. The molecular weight excluding hydrogens is 227 g/mol. The molecule has 0 bridgehead atoms. The van der Waals surface area contributed by atoms with Crippen LogP contribution in [0.5, 0.6) is 0 Å². The highest BCUT2D eigenvalue weighted by Gasteiger charge is 2.00. The number of halogens is 2. The van der Waals surface area contributed by atoms with E-state index >= 15 is 0 Å². The molecule has 0 N–H and O–H groups in total. The zero-order chi connectivity index (χ0) is 8.27. The first-order valence-corrected chi connectivity index (χ1v) is 5.35. The van der Waals surface area contributed by atoms with Crippen molar-refractivity contribution in [3.8, 4) is 0 Å². The highest BCUT2D eigenvalue weighted by molar-refractivity contribution is 9.10. The van der Waals surface area contributed by atoms with Gasteiger partial charge >= 0.3 is 0 Å². The summed E-state index contributed by atoms with van der Waals surface area (Å²) >= 11 is 4.91. The maximum atomic E-state index is 12.9. The first-order chi connectivity index (χ1) is 5.24. The van der Waals surface area contributed by atoms with Crippen LogP contribution in [0.25, 0.3) is 0 Å². The Labute approximate surface area is 78.3 Å². The minimum Gasteiger partial charge on any atom is -0.207 e. The van der Waals surface area contributed by atoms with Crippen LogP contribution in [0.2, 0.25) is 0 Å². The van der Waals surface area contributed by atoms with Crippen LogP contribution in [-0.2, 0) is 5.75 Å². The lowest BCUT2D eigenvalue weighted by Gasteiger charge is -2.00. The van der Waals surface area contributed by atoms with E-state index in [2.05, 4.69) is 15.9 Å². The van der Waals surface area contributed by atoms with Gasteiger partial charge in [0.15, 0.2) is 0 Å². The van der Waals surface area contributed by atoms with E-state index in [4.69, 9.17) is 0 Å². The largest absolute Gasteiger partial charge is 0.207 e. The number of benzene rings is 1. The quantitative estimate of drug-likeness (QED) is 0.756. The Morgan fingerprint density at radius 3 is 2.91 bits per heavy atom. The number of hydrogen-bond acceptors (Lipinski definition) is 1. The third kappa shape index (κ3) is 2.49. The van der Waals surface area contributed by atoms with Gasteiger partial charge in [0, 0.05) is 10.2 Å². The topological polar surface area (TPSA) is 0 Å². The molecule has 0 amide bonds. The molecule has 0 saturated carbocycles. The molecule has 3 heteroatoms. The van der Waals surface area contributed by atoms with Crippen LogP contribution in [0, 0.1) is 5.82 Å². The molecule has 0 aliphatic heterocycles. The molecule has 0 aliphatic rings. The molecule has 0 spiro atoms. The molecule has 0 heterocycles. The van der Waals surface area contributed by atoms with Gasteiger partial charge in [0.1, 0.15) is 5.82 Å². The van der Waals surface area contributed by atoms with Crippen LogP contribution in [0.4, 0.5) is 4.39 Å². The summed E-state index contributed by atoms with van der Waals surface area (Å²) in [5.41, 5.74) is 0.756. The molecule has 60 valence electrons. The molecule has 11 heavy (non-hydrogen) atoms. The van der Waals surface area contributed by atoms with Crippen molar-refractivity contribution in [2.75, 3.05) is 6.26 Å². The molecular formula is C8H8BrFS. The summed E-state index contributed by atoms with van der Waals surface area (Å²) in [6, 6.07) is 5.00. The molecule has 0 radical (unpaired) electrons. The highest BCUT2D eigenvalue weighted by Crippen LogP contribution is 2.18. The zero-order valence-electron chi connectivity index (χ0n) is 6.10. The monoisotopic (exact) mass is 234 g/mol. The van der Waals surface area contributed by atoms with E-state index in [-0.39, 0.29) is 5.82 Å². The van der Waals surface area contributed by atoms with Gasteiger partial charge in [-0.1, -0.05) is 15.9 Å². The zero-order valence-corrected chi connectivity index (χ0v) is 8.51. The van der Waals surface area contributed by atoms with Gasteiger partial charge in [0.2, 0.25) is 0 Å². The Morgan fingerprint density at radius 2 is 2.27 bits per heavy atom. The van der Waals surface area contributed by atoms with Crippen LogP contribution < -0.4 is 0 Å². The minimum absolute atomic E-state index is 0.123. The third-order valence-corrected chi connectivity index (χ3v) is 2.40. The second kappa shape index (κ2) is 4.12. The number of hydrogen-bond donors (Lipinski definition) is 0. The van der Waals surface area contributed by atoms with Crippen LogP contribution in [0.15, 0.2) is 22.7 Å². The first kappa shape index (κ1) is 9.07. The van der Waals surface area contributed by atoms with Gasteiger partial charge in [-0.25, -0.2) is 4.39 Å². The molecule has 0 aliphatic carbocycles. The number of thioether (sulfide) groups is 1. The van der Waals surface area contributed by atoms with Crippen LogP contribution in [-0.4, -0.2) is 6.26 Å². The molecule has 0 nitrogen and oxygen atoms in total. The van der Waals surface area contributed by atoms with Gasteiger partial charge in [-0.3, -0.25) is 0 Å². The smallest absolute Gasteiger partial charge is 0.127 e. The summed E-state index contributed by atoms with van der Waals surface area (Å²) in [4.78, 5) is 0. The lowest BCUT2D eigenvalue weighted by Crippen LogP contribution is -1.86. The van der Waals surface area contributed by atoms with Crippen molar-refractivity contribution in [2.45, 2.75) is 5.75 Å². The fraction of sp³-hybridized carbons (Fsp3) is 0.250. The number of rotatable bonds is 2. The first-order valence-electron chi connectivity index (χ1n) is 3.17. The molecule has 0 unspecified atom stereocenters. The Morgan fingerprint density at radius 1 is 1.55 bits per heavy atom. The molecule has 1 aromatic carbocycles. The van der Waals surface area contributed by atoms with E-state index < -0.39 is 0 Å². The summed E-state index contributed by atoms with van der Waals surface area (Å²) < 4.78 is 13.9. The molecule has 0 aromatic heterocycles. The van der Waals surface area contributed by atoms with Gasteiger partial charge in [-0.15, -0.1) is 0 Å². The van der Waals surface area contributed by atoms with Crippen molar-refractivity contribution in [1.82, 2.24) is 0 Å². The van der Waals surface area contributed by atoms with Crippen LogP contribution in [0.1, 0.15) is 5.56 Å². The molecule has 0 atom stereocenters. The lowest BCUT2D eigenvalue weighted by molar-refractivity contribution is 0.617. The van der Waals surface area contributed by atoms with Crippen molar-refractivity contribution >= 4 is 27.7 Å². The molecule has 0 saturated heterocycles. The molecule has 1 aromatic rings. The second-order valence-corrected chi connectivity index (χ2v) is 3.95. The van der Waals surface area contributed by atoms with E-state index in [1.54, 1.807) is 17.8 Å². The molecule has 0 fully saturated rings. The third-order valence-electron chi connectivity index (χ3n) is 1.31. The van der Waals surface area contributed by atoms with Gasteiger partial charge in [0.25, 0.3) is 0 Å². The SMILES string of the molecule is CSCc1cc(Br)ccc1F. The van der Waals surface area contributed by atoms with Gasteiger partial charge in [-0.2, -0.15) is 11.8 Å². The summed E-state index contributed by atoms with van der Waals surface area (Å²) in [6.07, 6.45) is 1.96. The van der Waals surface area contributed by atoms with Crippen LogP contribution >= 0.6 is 27.7 Å². The van der Waals surface area contributed by atoms with E-state index in [0.29, 0.717) is 0 Å². The van der Waals surface area contributed by atoms with Crippen molar-refractivity contribution in [2.24, 2.45) is 0 Å². The average molecular weight is 235 g/mol. The summed E-state index contributed by atoms with van der Waals surface area (Å²) in [6.45, 7) is 0. The predicted molar refractivity (Wildman–Crippen MR) is 51.3 cm³/mol. The van der Waals surface area contributed by atoms with E-state index in [9.17, 15) is 4.39 Å². The van der Waals surface area contributed by atoms with Crippen molar-refractivity contribution in [3.05, 3.63) is 34.1 Å². The molecule has 1 rings (SSSR count). The van der Waals surface area contributed by atoms with E-state index in [1.165, 1.54) is 6.07 Å². The Hall–Kier alpha value is -0.0200. The van der Waals surface area contributed by atoms with Crippen LogP contribution in [0.3, 0.4) is 0 Å². The maximum Gasteiger partial charge on any atom is 0.127 e. The van der Waals surface area contributed by atoms with E-state index in [1.807, 2.05) is 12.3 Å². The summed E-state index contributed by atoms with van der Waals surface area (Å²) in [5.74, 6) is 0.605. The fourth-order valence-electron chi connectivity index (χ4n) is 0.809. The summed E-state index contributed by atoms with van der Waals surface area (Å²) in [7, 11) is 0. The maximum absolute atomic E-state index is 12.9. The Bertz CT molecular complexity index is 250. The fourth-order valence-corrected chi connectivity index (χ4v) is 1.75. The van der Waals surface area contributed by atoms with Gasteiger partial charge < -0.3 is 0 Å². The Balaban J connectivity index is 2.93. The summed E-state index contributed by atoms with van der Waals surface area (Å²) in [5, 5.41) is 0. The standard InChI is InChI=1S/C8H8BrFS/c1-11-5-6-4-7(9)2-3-8(6)10/h2-4H,5H2,1H3. The van der Waals surface area contributed by atoms with Gasteiger partial charge in [0.05, 0.1) is 0 Å². The van der Waals surface area contributed by atoms with Crippen molar-refractivity contribution in [1.29, 1.82) is 0 Å². The van der Waals surface area contributed by atoms with Crippen molar-refractivity contribution in [3.63, 3.8) is 0 Å².